The highest BCUT2D eigenvalue weighted by Crippen LogP contribution is 2.27. The van der Waals surface area contributed by atoms with Crippen LogP contribution in [0.25, 0.3) is 6.08 Å². The van der Waals surface area contributed by atoms with E-state index in [0.29, 0.717) is 24.0 Å². The number of rotatable bonds is 5. The van der Waals surface area contributed by atoms with Gasteiger partial charge >= 0.3 is 0 Å². The van der Waals surface area contributed by atoms with E-state index in [1.165, 1.54) is 0 Å². The van der Waals surface area contributed by atoms with Crippen molar-refractivity contribution in [2.75, 3.05) is 0 Å². The Labute approximate surface area is 142 Å². The van der Waals surface area contributed by atoms with Crippen molar-refractivity contribution in [2.24, 2.45) is 0 Å². The molecule has 1 aliphatic carbocycles. The fraction of sp³-hybridized carbons (Fsp3) is 0.136. The van der Waals surface area contributed by atoms with Crippen molar-refractivity contribution in [3.63, 3.8) is 0 Å². The third-order valence-corrected chi connectivity index (χ3v) is 4.27. The van der Waals surface area contributed by atoms with Gasteiger partial charge in [0.15, 0.2) is 5.78 Å². The lowest BCUT2D eigenvalue weighted by atomic mass is 9.85. The minimum atomic E-state index is -0.948. The molecule has 1 unspecified atom stereocenters. The lowest BCUT2D eigenvalue weighted by Crippen LogP contribution is -2.30. The molecule has 3 rings (SSSR count). The lowest BCUT2D eigenvalue weighted by Gasteiger charge is -2.26. The van der Waals surface area contributed by atoms with Crippen LogP contribution >= 0.6 is 0 Å². The summed E-state index contributed by atoms with van der Waals surface area (Å²) in [5, 5.41) is 10.8. The van der Waals surface area contributed by atoms with E-state index in [1.54, 1.807) is 30.4 Å². The molecule has 2 aromatic rings. The number of ketones is 1. The number of hydrogen-bond acceptors (Lipinski definition) is 2. The van der Waals surface area contributed by atoms with Gasteiger partial charge in [0.25, 0.3) is 0 Å². The summed E-state index contributed by atoms with van der Waals surface area (Å²) in [7, 11) is 0. The van der Waals surface area contributed by atoms with Crippen molar-refractivity contribution < 1.29 is 9.90 Å². The standard InChI is InChI=1S/C22H20O2/c1-2-17-8-10-18(11-9-17)16-22(24)14-12-20(13-15-22)21(23)19-6-4-3-5-7-19/h2-14,24H,1,15-16H2. The SMILES string of the molecule is C=Cc1ccc(CC2(O)C=CC(C(=O)c3ccccc3)=CC2)cc1. The normalized spacial score (nSPS) is 19.6. The van der Waals surface area contributed by atoms with Gasteiger partial charge in [0.2, 0.25) is 0 Å². The Bertz CT molecular complexity index is 798. The first kappa shape index (κ1) is 16.2. The second-order valence-electron chi connectivity index (χ2n) is 6.12. The van der Waals surface area contributed by atoms with Crippen molar-refractivity contribution in [1.82, 2.24) is 0 Å². The van der Waals surface area contributed by atoms with Gasteiger partial charge in [-0.2, -0.15) is 0 Å². The summed E-state index contributed by atoms with van der Waals surface area (Å²) in [6.07, 6.45) is 8.04. The van der Waals surface area contributed by atoms with Gasteiger partial charge in [-0.25, -0.2) is 0 Å². The van der Waals surface area contributed by atoms with Crippen LogP contribution in [0.5, 0.6) is 0 Å². The minimum Gasteiger partial charge on any atom is -0.385 e. The molecule has 0 fully saturated rings. The third-order valence-electron chi connectivity index (χ3n) is 4.27. The molecule has 2 heteroatoms. The van der Waals surface area contributed by atoms with Crippen molar-refractivity contribution in [3.8, 4) is 0 Å². The van der Waals surface area contributed by atoms with Crippen molar-refractivity contribution in [2.45, 2.75) is 18.4 Å². The number of allylic oxidation sites excluding steroid dienone is 2. The van der Waals surface area contributed by atoms with Gasteiger partial charge in [0, 0.05) is 17.6 Å². The van der Waals surface area contributed by atoms with E-state index in [2.05, 4.69) is 6.58 Å². The molecule has 0 bridgehead atoms. The molecule has 0 radical (unpaired) electrons. The molecule has 0 amide bonds. The highest BCUT2D eigenvalue weighted by atomic mass is 16.3. The molecule has 0 aromatic heterocycles. The maximum absolute atomic E-state index is 12.4. The number of Topliss-reactive ketones (excluding diaryl/α,β-unsaturated/α-hetero) is 1. The summed E-state index contributed by atoms with van der Waals surface area (Å²) in [5.41, 5.74) is 2.46. The average Bonchev–Trinajstić information content (AvgIpc) is 2.63. The number of carbonyl (C=O) groups excluding carboxylic acids is 1. The molecular weight excluding hydrogens is 296 g/mol. The van der Waals surface area contributed by atoms with Crippen LogP contribution in [-0.4, -0.2) is 16.5 Å². The summed E-state index contributed by atoms with van der Waals surface area (Å²) in [4.78, 5) is 12.4. The van der Waals surface area contributed by atoms with Crippen LogP contribution in [-0.2, 0) is 6.42 Å². The van der Waals surface area contributed by atoms with Gasteiger partial charge in [-0.1, -0.05) is 85.5 Å². The summed E-state index contributed by atoms with van der Waals surface area (Å²) in [5.74, 6) is -0.00997. The number of carbonyl (C=O) groups is 1. The first-order chi connectivity index (χ1) is 11.6. The molecule has 120 valence electrons. The van der Waals surface area contributed by atoms with E-state index >= 15 is 0 Å². The maximum Gasteiger partial charge on any atom is 0.192 e. The smallest absolute Gasteiger partial charge is 0.192 e. The Morgan fingerprint density at radius 2 is 1.83 bits per heavy atom. The predicted molar refractivity (Wildman–Crippen MR) is 97.8 cm³/mol. The Morgan fingerprint density at radius 3 is 2.42 bits per heavy atom. The Hall–Kier alpha value is -2.71. The van der Waals surface area contributed by atoms with Crippen molar-refractivity contribution in [1.29, 1.82) is 0 Å². The molecule has 2 nitrogen and oxygen atoms in total. The van der Waals surface area contributed by atoms with Gasteiger partial charge in [0.05, 0.1) is 5.60 Å². The van der Waals surface area contributed by atoms with E-state index in [4.69, 9.17) is 0 Å². The fourth-order valence-corrected chi connectivity index (χ4v) is 2.85. The molecule has 2 aromatic carbocycles. The van der Waals surface area contributed by atoms with E-state index in [0.717, 1.165) is 11.1 Å². The highest BCUT2D eigenvalue weighted by Gasteiger charge is 2.27. The van der Waals surface area contributed by atoms with Gasteiger partial charge < -0.3 is 5.11 Å². The molecule has 1 N–H and O–H groups in total. The molecule has 1 aliphatic rings. The van der Waals surface area contributed by atoms with Crippen LogP contribution in [0.4, 0.5) is 0 Å². The zero-order chi connectivity index (χ0) is 17.0. The molecule has 0 spiro atoms. The first-order valence-corrected chi connectivity index (χ1v) is 8.02. The summed E-state index contributed by atoms with van der Waals surface area (Å²) in [6, 6.07) is 17.2. The van der Waals surface area contributed by atoms with Gasteiger partial charge in [-0.15, -0.1) is 0 Å². The highest BCUT2D eigenvalue weighted by molar-refractivity contribution is 6.10. The van der Waals surface area contributed by atoms with Gasteiger partial charge in [-0.05, 0) is 17.5 Å². The molecule has 24 heavy (non-hydrogen) atoms. The van der Waals surface area contributed by atoms with E-state index in [1.807, 2.05) is 48.5 Å². The largest absolute Gasteiger partial charge is 0.385 e. The van der Waals surface area contributed by atoms with Crippen LogP contribution in [0.3, 0.4) is 0 Å². The Kier molecular flexibility index (Phi) is 4.59. The Balaban J connectivity index is 1.70. The van der Waals surface area contributed by atoms with Crippen LogP contribution in [0.2, 0.25) is 0 Å². The number of benzene rings is 2. The molecule has 0 heterocycles. The van der Waals surface area contributed by atoms with Crippen LogP contribution in [0, 0.1) is 0 Å². The monoisotopic (exact) mass is 316 g/mol. The van der Waals surface area contributed by atoms with Gasteiger partial charge in [0.1, 0.15) is 0 Å². The number of aliphatic hydroxyl groups is 1. The van der Waals surface area contributed by atoms with Crippen LogP contribution in [0.15, 0.2) is 85.0 Å². The second-order valence-corrected chi connectivity index (χ2v) is 6.12. The second kappa shape index (κ2) is 6.81. The fourth-order valence-electron chi connectivity index (χ4n) is 2.85. The summed E-state index contributed by atoms with van der Waals surface area (Å²) in [6.45, 7) is 3.74. The quantitative estimate of drug-likeness (QED) is 0.832. The molecule has 0 aliphatic heterocycles. The van der Waals surface area contributed by atoms with E-state index in [-0.39, 0.29) is 5.78 Å². The average molecular weight is 316 g/mol. The van der Waals surface area contributed by atoms with E-state index < -0.39 is 5.60 Å². The minimum absolute atomic E-state index is 0.00997. The van der Waals surface area contributed by atoms with Crippen LogP contribution in [0.1, 0.15) is 27.9 Å². The van der Waals surface area contributed by atoms with Crippen molar-refractivity contribution >= 4 is 11.9 Å². The maximum atomic E-state index is 12.4. The molecule has 0 saturated carbocycles. The Morgan fingerprint density at radius 1 is 1.12 bits per heavy atom. The number of hydrogen-bond donors (Lipinski definition) is 1. The van der Waals surface area contributed by atoms with Crippen molar-refractivity contribution in [3.05, 3.63) is 102 Å². The lowest BCUT2D eigenvalue weighted by molar-refractivity contribution is 0.0918. The molecule has 0 saturated heterocycles. The topological polar surface area (TPSA) is 37.3 Å². The summed E-state index contributed by atoms with van der Waals surface area (Å²) < 4.78 is 0. The van der Waals surface area contributed by atoms with Gasteiger partial charge in [-0.3, -0.25) is 4.79 Å². The zero-order valence-electron chi connectivity index (χ0n) is 13.5. The molecular formula is C22H20O2. The third kappa shape index (κ3) is 3.61. The van der Waals surface area contributed by atoms with Crippen LogP contribution < -0.4 is 0 Å². The molecule has 1 atom stereocenters. The summed E-state index contributed by atoms with van der Waals surface area (Å²) >= 11 is 0. The van der Waals surface area contributed by atoms with E-state index in [9.17, 15) is 9.90 Å². The predicted octanol–water partition coefficient (Wildman–Crippen LogP) is 4.37. The zero-order valence-corrected chi connectivity index (χ0v) is 13.5. The first-order valence-electron chi connectivity index (χ1n) is 8.02.